The smallest absolute Gasteiger partial charge is 0.308 e. The molecule has 0 aliphatic carbocycles. The number of carbonyl (C=O) groups is 1. The number of carbonyl (C=O) groups excluding carboxylic acids is 1. The number of nitrogens with zero attached hydrogens (tertiary/aromatic N) is 2. The molecule has 0 saturated carbocycles. The van der Waals surface area contributed by atoms with E-state index >= 15 is 0 Å². The second-order valence-corrected chi connectivity index (χ2v) is 14.2. The molecule has 1 N–H and O–H groups in total. The maximum absolute atomic E-state index is 13.1. The van der Waals surface area contributed by atoms with Gasteiger partial charge in [0, 0.05) is 24.2 Å². The molecule has 1 aromatic carbocycles. The highest BCUT2D eigenvalue weighted by Crippen LogP contribution is 2.34. The molecule has 1 aromatic heterocycles. The summed E-state index contributed by atoms with van der Waals surface area (Å²) in [5, 5.41) is 4.50. The summed E-state index contributed by atoms with van der Waals surface area (Å²) < 4.78 is 26.1. The van der Waals surface area contributed by atoms with E-state index in [-0.39, 0.29) is 48.1 Å². The fourth-order valence-electron chi connectivity index (χ4n) is 7.34. The average molecular weight is 612 g/mol. The van der Waals surface area contributed by atoms with Gasteiger partial charge in [0.1, 0.15) is 5.75 Å². The number of likely N-dealkylation sites (N-methyl/N-ethyl adjacent to an activating group) is 1. The van der Waals surface area contributed by atoms with Crippen molar-refractivity contribution in [3.05, 3.63) is 36.5 Å². The van der Waals surface area contributed by atoms with Crippen LogP contribution in [0.25, 0.3) is 10.9 Å². The van der Waals surface area contributed by atoms with Gasteiger partial charge in [0.25, 0.3) is 0 Å². The van der Waals surface area contributed by atoms with Crippen LogP contribution in [0.2, 0.25) is 0 Å². The Labute approximate surface area is 265 Å². The first-order chi connectivity index (χ1) is 20.9. The molecule has 11 atom stereocenters. The molecule has 2 saturated heterocycles. The topological polar surface area (TPSA) is 82.1 Å². The third-order valence-corrected chi connectivity index (χ3v) is 9.76. The Bertz CT molecular complexity index is 1200. The summed E-state index contributed by atoms with van der Waals surface area (Å²) in [6.07, 6.45) is 4.28. The number of hydrogen-bond donors (Lipinski definition) is 1. The molecule has 0 bridgehead atoms. The van der Waals surface area contributed by atoms with E-state index in [4.69, 9.17) is 18.9 Å². The normalized spacial score (nSPS) is 37.1. The molecule has 0 amide bonds. The first-order valence-corrected chi connectivity index (χ1v) is 16.8. The van der Waals surface area contributed by atoms with Crippen molar-refractivity contribution in [3.8, 4) is 5.75 Å². The lowest BCUT2D eigenvalue weighted by molar-refractivity contribution is -0.267. The number of fused-ring (bicyclic) bond motifs is 1. The van der Waals surface area contributed by atoms with Crippen LogP contribution in [0.15, 0.2) is 36.5 Å². The molecule has 44 heavy (non-hydrogen) atoms. The van der Waals surface area contributed by atoms with Crippen molar-refractivity contribution >= 4 is 16.9 Å². The average Bonchev–Trinajstić information content (AvgIpc) is 2.98. The SMILES string of the molecule is CN[C@H]1C[C@@H](C)O[C@@H](OC2C(C)CC(C)CN(C)C(C)CC(C)COC(=O)C(C)CC2C)[C@@H]1Oc1ccc2ncccc2c1. The van der Waals surface area contributed by atoms with Gasteiger partial charge in [0.15, 0.2) is 12.4 Å². The van der Waals surface area contributed by atoms with Crippen LogP contribution >= 0.6 is 0 Å². The third-order valence-electron chi connectivity index (χ3n) is 9.76. The maximum atomic E-state index is 13.1. The number of esters is 1. The van der Waals surface area contributed by atoms with Gasteiger partial charge in [-0.1, -0.05) is 40.7 Å². The summed E-state index contributed by atoms with van der Waals surface area (Å²) in [5.41, 5.74) is 0.931. The molecule has 8 heteroatoms. The number of nitrogens with one attached hydrogen (secondary N) is 1. The number of ether oxygens (including phenoxy) is 4. The lowest BCUT2D eigenvalue weighted by Crippen LogP contribution is -2.57. The van der Waals surface area contributed by atoms with E-state index in [9.17, 15) is 4.79 Å². The van der Waals surface area contributed by atoms with Crippen molar-refractivity contribution < 1.29 is 23.7 Å². The predicted molar refractivity (Wildman–Crippen MR) is 176 cm³/mol. The summed E-state index contributed by atoms with van der Waals surface area (Å²) in [6.45, 7) is 16.8. The van der Waals surface area contributed by atoms with Crippen molar-refractivity contribution in [1.82, 2.24) is 15.2 Å². The second-order valence-electron chi connectivity index (χ2n) is 14.2. The number of aromatic nitrogens is 1. The van der Waals surface area contributed by atoms with Gasteiger partial charge in [-0.2, -0.15) is 0 Å². The van der Waals surface area contributed by atoms with Crippen LogP contribution in [0.3, 0.4) is 0 Å². The van der Waals surface area contributed by atoms with Gasteiger partial charge in [-0.25, -0.2) is 0 Å². The second kappa shape index (κ2) is 15.8. The van der Waals surface area contributed by atoms with Crippen LogP contribution in [-0.2, 0) is 19.0 Å². The lowest BCUT2D eigenvalue weighted by Gasteiger charge is -2.44. The maximum Gasteiger partial charge on any atom is 0.308 e. The van der Waals surface area contributed by atoms with E-state index in [1.54, 1.807) is 6.20 Å². The van der Waals surface area contributed by atoms with Gasteiger partial charge in [-0.15, -0.1) is 0 Å². The summed E-state index contributed by atoms with van der Waals surface area (Å²) in [6, 6.07) is 10.4. The highest BCUT2D eigenvalue weighted by atomic mass is 16.7. The van der Waals surface area contributed by atoms with Gasteiger partial charge < -0.3 is 29.2 Å². The van der Waals surface area contributed by atoms with Crippen molar-refractivity contribution in [1.29, 1.82) is 0 Å². The summed E-state index contributed by atoms with van der Waals surface area (Å²) >= 11 is 0. The minimum absolute atomic E-state index is 0.0101. The lowest BCUT2D eigenvalue weighted by atomic mass is 9.82. The molecular formula is C36H57N3O5. The van der Waals surface area contributed by atoms with Crippen molar-refractivity contribution in [3.63, 3.8) is 0 Å². The Morgan fingerprint density at radius 3 is 2.43 bits per heavy atom. The standard InChI is InChI=1S/C36H57N3O5/c1-22-15-24(3)33(25(4)17-26(5)35(40)41-21-23(2)16-27(6)39(9)20-22)44-36-34(32(37-8)18-28(7)42-36)43-30-12-13-31-29(19-30)11-10-14-38-31/h10-14,19,22-28,32-34,36-37H,15-18,20-21H2,1-9H3/t22?,23?,24?,25?,26?,27?,28-,32+,33?,34-,36+/m1/s1. The molecule has 7 unspecified atom stereocenters. The number of pyridine rings is 1. The third kappa shape index (κ3) is 9.15. The fraction of sp³-hybridized carbons (Fsp3) is 0.722. The summed E-state index contributed by atoms with van der Waals surface area (Å²) in [7, 11) is 4.18. The minimum atomic E-state index is -0.570. The molecule has 2 aliphatic rings. The fourth-order valence-corrected chi connectivity index (χ4v) is 7.34. The molecule has 2 aliphatic heterocycles. The van der Waals surface area contributed by atoms with E-state index in [1.165, 1.54) is 0 Å². The highest BCUT2D eigenvalue weighted by molar-refractivity contribution is 5.79. The highest BCUT2D eigenvalue weighted by Gasteiger charge is 2.42. The minimum Gasteiger partial charge on any atom is -0.483 e. The number of benzene rings is 1. The van der Waals surface area contributed by atoms with Crippen LogP contribution in [0.5, 0.6) is 5.75 Å². The van der Waals surface area contributed by atoms with Crippen molar-refractivity contribution in [2.75, 3.05) is 27.2 Å². The van der Waals surface area contributed by atoms with Crippen LogP contribution in [-0.4, -0.2) is 79.8 Å². The Morgan fingerprint density at radius 1 is 0.932 bits per heavy atom. The molecule has 0 radical (unpaired) electrons. The van der Waals surface area contributed by atoms with E-state index in [0.29, 0.717) is 30.9 Å². The van der Waals surface area contributed by atoms with Crippen molar-refractivity contribution in [2.45, 2.75) is 111 Å². The van der Waals surface area contributed by atoms with Gasteiger partial charge in [0.05, 0.1) is 36.3 Å². The van der Waals surface area contributed by atoms with E-state index in [1.807, 2.05) is 44.3 Å². The predicted octanol–water partition coefficient (Wildman–Crippen LogP) is 6.32. The quantitative estimate of drug-likeness (QED) is 0.394. The monoisotopic (exact) mass is 611 g/mol. The summed E-state index contributed by atoms with van der Waals surface area (Å²) in [5.74, 6) is 1.59. The van der Waals surface area contributed by atoms with Crippen LogP contribution in [0.4, 0.5) is 0 Å². The Balaban J connectivity index is 1.59. The first-order valence-electron chi connectivity index (χ1n) is 16.8. The molecule has 3 heterocycles. The Morgan fingerprint density at radius 2 is 1.68 bits per heavy atom. The Hall–Kier alpha value is -2.26. The van der Waals surface area contributed by atoms with Gasteiger partial charge >= 0.3 is 5.97 Å². The molecule has 2 aromatic rings. The largest absolute Gasteiger partial charge is 0.483 e. The van der Waals surface area contributed by atoms with Crippen LogP contribution in [0, 0.1) is 29.6 Å². The number of rotatable bonds is 5. The molecular weight excluding hydrogens is 554 g/mol. The van der Waals surface area contributed by atoms with Gasteiger partial charge in [-0.05, 0) is 102 Å². The zero-order valence-electron chi connectivity index (χ0n) is 28.5. The first kappa shape index (κ1) is 34.6. The molecule has 2 fully saturated rings. The summed E-state index contributed by atoms with van der Waals surface area (Å²) in [4.78, 5) is 20.0. The van der Waals surface area contributed by atoms with Gasteiger partial charge in [0.2, 0.25) is 0 Å². The molecule has 4 rings (SSSR count). The number of hydrogen-bond acceptors (Lipinski definition) is 8. The Kier molecular flexibility index (Phi) is 12.5. The molecule has 0 spiro atoms. The van der Waals surface area contributed by atoms with Crippen LogP contribution < -0.4 is 10.1 Å². The zero-order chi connectivity index (χ0) is 32.0. The van der Waals surface area contributed by atoms with E-state index in [2.05, 4.69) is 63.8 Å². The van der Waals surface area contributed by atoms with Crippen molar-refractivity contribution in [2.24, 2.45) is 29.6 Å². The van der Waals surface area contributed by atoms with E-state index < -0.39 is 6.29 Å². The molecule has 246 valence electrons. The van der Waals surface area contributed by atoms with Gasteiger partial charge in [-0.3, -0.25) is 9.78 Å². The number of cyclic esters (lactones) is 1. The van der Waals surface area contributed by atoms with E-state index in [0.717, 1.165) is 42.5 Å². The molecule has 8 nitrogen and oxygen atoms in total. The van der Waals surface area contributed by atoms with Crippen LogP contribution in [0.1, 0.15) is 74.1 Å². The zero-order valence-corrected chi connectivity index (χ0v) is 28.5.